The van der Waals surface area contributed by atoms with E-state index in [4.69, 9.17) is 9.84 Å². The van der Waals surface area contributed by atoms with Crippen molar-refractivity contribution in [3.05, 3.63) is 0 Å². The van der Waals surface area contributed by atoms with Crippen molar-refractivity contribution in [2.24, 2.45) is 0 Å². The van der Waals surface area contributed by atoms with Crippen molar-refractivity contribution in [3.63, 3.8) is 0 Å². The molecule has 112 valence electrons. The first-order chi connectivity index (χ1) is 8.73. The fraction of sp³-hybridized carbons (Fsp3) is 0.846. The monoisotopic (exact) mass is 274 g/mol. The maximum Gasteiger partial charge on any atom is 0.315 e. The summed E-state index contributed by atoms with van der Waals surface area (Å²) in [7, 11) is 0. The predicted molar refractivity (Wildman–Crippen MR) is 73.2 cm³/mol. The molecule has 0 aromatic rings. The highest BCUT2D eigenvalue weighted by atomic mass is 16.5. The molecule has 0 aliphatic rings. The molecule has 0 radical (unpaired) electrons. The molecule has 2 amide bonds. The Morgan fingerprint density at radius 2 is 1.89 bits per heavy atom. The number of aliphatic carboxylic acids is 1. The van der Waals surface area contributed by atoms with Crippen LogP contribution in [-0.2, 0) is 9.53 Å². The average Bonchev–Trinajstić information content (AvgIpc) is 2.19. The van der Waals surface area contributed by atoms with Crippen LogP contribution in [0.4, 0.5) is 4.79 Å². The van der Waals surface area contributed by atoms with Crippen molar-refractivity contribution in [3.8, 4) is 0 Å². The minimum absolute atomic E-state index is 0.108. The molecule has 0 heterocycles. The molecule has 0 rings (SSSR count). The van der Waals surface area contributed by atoms with Crippen LogP contribution in [0.2, 0.25) is 0 Å². The van der Waals surface area contributed by atoms with Gasteiger partial charge in [0, 0.05) is 18.7 Å². The van der Waals surface area contributed by atoms with Crippen LogP contribution in [0.1, 0.15) is 47.0 Å². The zero-order valence-corrected chi connectivity index (χ0v) is 12.3. The molecule has 19 heavy (non-hydrogen) atoms. The zero-order valence-electron chi connectivity index (χ0n) is 12.3. The van der Waals surface area contributed by atoms with Crippen molar-refractivity contribution in [2.45, 2.75) is 58.6 Å². The van der Waals surface area contributed by atoms with Crippen LogP contribution in [0.25, 0.3) is 0 Å². The lowest BCUT2D eigenvalue weighted by molar-refractivity contribution is -0.138. The van der Waals surface area contributed by atoms with Crippen molar-refractivity contribution in [2.75, 3.05) is 13.2 Å². The van der Waals surface area contributed by atoms with Crippen molar-refractivity contribution in [1.82, 2.24) is 10.6 Å². The Labute approximate surface area is 114 Å². The summed E-state index contributed by atoms with van der Waals surface area (Å²) >= 11 is 0. The van der Waals surface area contributed by atoms with Crippen molar-refractivity contribution < 1.29 is 19.4 Å². The average molecular weight is 274 g/mol. The van der Waals surface area contributed by atoms with E-state index in [-0.39, 0.29) is 18.6 Å². The second-order valence-electron chi connectivity index (χ2n) is 5.46. The highest BCUT2D eigenvalue weighted by Gasteiger charge is 2.23. The molecule has 0 atom stereocenters. The second kappa shape index (κ2) is 8.74. The molecule has 0 saturated heterocycles. The maximum atomic E-state index is 11.5. The SMILES string of the molecule is CC(C)OCCCCNC(=O)NC(C)(C)CC(=O)O. The molecule has 0 fully saturated rings. The van der Waals surface area contributed by atoms with Gasteiger partial charge in [-0.2, -0.15) is 0 Å². The highest BCUT2D eigenvalue weighted by Crippen LogP contribution is 2.07. The van der Waals surface area contributed by atoms with E-state index in [2.05, 4.69) is 10.6 Å². The summed E-state index contributed by atoms with van der Waals surface area (Å²) in [6, 6.07) is -0.337. The minimum Gasteiger partial charge on any atom is -0.481 e. The quantitative estimate of drug-likeness (QED) is 0.559. The summed E-state index contributed by atoms with van der Waals surface area (Å²) in [6.07, 6.45) is 1.84. The summed E-state index contributed by atoms with van der Waals surface area (Å²) in [4.78, 5) is 22.1. The molecule has 0 aliphatic carbocycles. The largest absolute Gasteiger partial charge is 0.481 e. The molecule has 0 saturated carbocycles. The standard InChI is InChI=1S/C13H26N2O4/c1-10(2)19-8-6-5-7-14-12(18)15-13(3,4)9-11(16)17/h10H,5-9H2,1-4H3,(H,16,17)(H2,14,15,18). The van der Waals surface area contributed by atoms with Crippen LogP contribution in [-0.4, -0.2) is 41.9 Å². The van der Waals surface area contributed by atoms with E-state index >= 15 is 0 Å². The smallest absolute Gasteiger partial charge is 0.315 e. The minimum atomic E-state index is -0.934. The first-order valence-electron chi connectivity index (χ1n) is 6.62. The van der Waals surface area contributed by atoms with Gasteiger partial charge >= 0.3 is 12.0 Å². The Balaban J connectivity index is 3.67. The van der Waals surface area contributed by atoms with E-state index in [0.29, 0.717) is 13.2 Å². The van der Waals surface area contributed by atoms with E-state index in [0.717, 1.165) is 12.8 Å². The fourth-order valence-electron chi connectivity index (χ4n) is 1.52. The van der Waals surface area contributed by atoms with Crippen LogP contribution in [0.3, 0.4) is 0 Å². The summed E-state index contributed by atoms with van der Waals surface area (Å²) in [5.74, 6) is -0.934. The number of urea groups is 1. The number of unbranched alkanes of at least 4 members (excludes halogenated alkanes) is 1. The number of rotatable bonds is 9. The predicted octanol–water partition coefficient (Wildman–Crippen LogP) is 1.74. The molecule has 0 aliphatic heterocycles. The number of carbonyl (C=O) groups excluding carboxylic acids is 1. The third-order valence-corrected chi connectivity index (χ3v) is 2.35. The summed E-state index contributed by atoms with van der Waals surface area (Å²) in [5.41, 5.74) is -0.753. The van der Waals surface area contributed by atoms with Gasteiger partial charge in [0.15, 0.2) is 0 Å². The third-order valence-electron chi connectivity index (χ3n) is 2.35. The molecule has 0 aromatic carbocycles. The number of carbonyl (C=O) groups is 2. The van der Waals surface area contributed by atoms with Crippen LogP contribution in [0, 0.1) is 0 Å². The summed E-state index contributed by atoms with van der Waals surface area (Å²) in [6.45, 7) is 8.56. The van der Waals surface area contributed by atoms with E-state index < -0.39 is 11.5 Å². The van der Waals surface area contributed by atoms with Gasteiger partial charge in [0.2, 0.25) is 0 Å². The Bertz CT molecular complexity index is 290. The maximum absolute atomic E-state index is 11.5. The lowest BCUT2D eigenvalue weighted by atomic mass is 10.0. The molecule has 6 nitrogen and oxygen atoms in total. The Morgan fingerprint density at radius 1 is 1.26 bits per heavy atom. The lowest BCUT2D eigenvalue weighted by Gasteiger charge is -2.24. The van der Waals surface area contributed by atoms with Gasteiger partial charge in [-0.3, -0.25) is 4.79 Å². The van der Waals surface area contributed by atoms with Gasteiger partial charge < -0.3 is 20.5 Å². The van der Waals surface area contributed by atoms with Crippen LogP contribution < -0.4 is 10.6 Å². The Kier molecular flexibility index (Phi) is 8.14. The molecule has 6 heteroatoms. The number of hydrogen-bond acceptors (Lipinski definition) is 3. The van der Waals surface area contributed by atoms with Gasteiger partial charge in [0.1, 0.15) is 0 Å². The van der Waals surface area contributed by atoms with E-state index in [1.807, 2.05) is 13.8 Å². The molecular weight excluding hydrogens is 248 g/mol. The lowest BCUT2D eigenvalue weighted by Crippen LogP contribution is -2.49. The number of carboxylic acid groups (broad SMARTS) is 1. The first kappa shape index (κ1) is 17.7. The molecule has 0 aromatic heterocycles. The molecular formula is C13H26N2O4. The Hall–Kier alpha value is -1.30. The summed E-state index contributed by atoms with van der Waals surface area (Å²) in [5, 5.41) is 14.0. The van der Waals surface area contributed by atoms with Gasteiger partial charge in [0.25, 0.3) is 0 Å². The van der Waals surface area contributed by atoms with Crippen molar-refractivity contribution in [1.29, 1.82) is 0 Å². The first-order valence-corrected chi connectivity index (χ1v) is 6.62. The van der Waals surface area contributed by atoms with E-state index in [1.54, 1.807) is 13.8 Å². The second-order valence-corrected chi connectivity index (χ2v) is 5.46. The zero-order chi connectivity index (χ0) is 14.9. The van der Waals surface area contributed by atoms with Crippen molar-refractivity contribution >= 4 is 12.0 Å². The van der Waals surface area contributed by atoms with Crippen LogP contribution >= 0.6 is 0 Å². The van der Waals surface area contributed by atoms with Gasteiger partial charge in [-0.15, -0.1) is 0 Å². The molecule has 0 unspecified atom stereocenters. The fourth-order valence-corrected chi connectivity index (χ4v) is 1.52. The van der Waals surface area contributed by atoms with Gasteiger partial charge in [-0.25, -0.2) is 4.79 Å². The van der Waals surface area contributed by atoms with Gasteiger partial charge in [-0.05, 0) is 40.5 Å². The number of hydrogen-bond donors (Lipinski definition) is 3. The number of amides is 2. The Morgan fingerprint density at radius 3 is 2.42 bits per heavy atom. The third kappa shape index (κ3) is 11.5. The number of nitrogens with one attached hydrogen (secondary N) is 2. The molecule has 3 N–H and O–H groups in total. The van der Waals surface area contributed by atoms with Crippen LogP contribution in [0.5, 0.6) is 0 Å². The van der Waals surface area contributed by atoms with E-state index in [9.17, 15) is 9.59 Å². The topological polar surface area (TPSA) is 87.7 Å². The molecule has 0 spiro atoms. The molecule has 0 bridgehead atoms. The number of ether oxygens (including phenoxy) is 1. The summed E-state index contributed by atoms with van der Waals surface area (Å²) < 4.78 is 5.38. The van der Waals surface area contributed by atoms with Gasteiger partial charge in [-0.1, -0.05) is 0 Å². The normalized spacial score (nSPS) is 11.4. The van der Waals surface area contributed by atoms with Gasteiger partial charge in [0.05, 0.1) is 12.5 Å². The highest BCUT2D eigenvalue weighted by molar-refractivity contribution is 5.76. The number of carboxylic acids is 1. The van der Waals surface area contributed by atoms with E-state index in [1.165, 1.54) is 0 Å². The van der Waals surface area contributed by atoms with Crippen LogP contribution in [0.15, 0.2) is 0 Å².